The van der Waals surface area contributed by atoms with E-state index in [4.69, 9.17) is 10.9 Å². The normalized spacial score (nSPS) is 24.6. The molecule has 13 heavy (non-hydrogen) atoms. The van der Waals surface area contributed by atoms with Crippen LogP contribution in [0.25, 0.3) is 0 Å². The Morgan fingerprint density at radius 1 is 1.54 bits per heavy atom. The second-order valence-electron chi connectivity index (χ2n) is 3.47. The van der Waals surface area contributed by atoms with Gasteiger partial charge in [-0.05, 0) is 19.8 Å². The molecule has 1 atom stereocenters. The highest BCUT2D eigenvalue weighted by molar-refractivity contribution is 5.84. The molecule has 1 fully saturated rings. The van der Waals surface area contributed by atoms with E-state index in [0.29, 0.717) is 0 Å². The molecule has 1 rings (SSSR count). The molecule has 1 aliphatic heterocycles. The van der Waals surface area contributed by atoms with Crippen molar-refractivity contribution in [3.8, 4) is 0 Å². The van der Waals surface area contributed by atoms with Gasteiger partial charge in [0.2, 0.25) is 0 Å². The predicted octanol–water partition coefficient (Wildman–Crippen LogP) is -0.422. The van der Waals surface area contributed by atoms with E-state index in [1.165, 1.54) is 0 Å². The molecule has 0 radical (unpaired) electrons. The largest absolute Gasteiger partial charge is 0.409 e. The molecule has 0 spiro atoms. The van der Waals surface area contributed by atoms with Crippen LogP contribution in [0, 0.1) is 0 Å². The summed E-state index contributed by atoms with van der Waals surface area (Å²) in [5.74, 6) is 0.233. The average Bonchev–Trinajstić information content (AvgIpc) is 2.17. The summed E-state index contributed by atoms with van der Waals surface area (Å²) in [6, 6.07) is -0.0440. The van der Waals surface area contributed by atoms with E-state index in [9.17, 15) is 5.11 Å². The molecule has 1 saturated heterocycles. The van der Waals surface area contributed by atoms with Crippen molar-refractivity contribution in [3.05, 3.63) is 0 Å². The van der Waals surface area contributed by atoms with Gasteiger partial charge in [0.1, 0.15) is 0 Å². The Labute approximate surface area is 77.8 Å². The molecule has 0 aromatic heterocycles. The number of hydrogen-bond donors (Lipinski definition) is 3. The molecule has 4 N–H and O–H groups in total. The number of aliphatic hydroxyl groups excluding tert-OH is 1. The molecule has 1 aliphatic rings. The van der Waals surface area contributed by atoms with Crippen molar-refractivity contribution in [2.75, 3.05) is 13.1 Å². The van der Waals surface area contributed by atoms with Crippen molar-refractivity contribution in [1.29, 1.82) is 0 Å². The van der Waals surface area contributed by atoms with Gasteiger partial charge in [0, 0.05) is 13.1 Å². The maximum atomic E-state index is 9.27. The maximum absolute atomic E-state index is 9.27. The van der Waals surface area contributed by atoms with Crippen LogP contribution in [-0.2, 0) is 0 Å². The number of nitrogens with zero attached hydrogens (tertiary/aromatic N) is 2. The third-order valence-corrected chi connectivity index (χ3v) is 2.59. The summed E-state index contributed by atoms with van der Waals surface area (Å²) in [6.45, 7) is 3.50. The van der Waals surface area contributed by atoms with Crippen molar-refractivity contribution < 1.29 is 10.3 Å². The SMILES string of the molecule is CC(/C(N)=N/O)N1CCC(O)CC1. The van der Waals surface area contributed by atoms with Gasteiger partial charge in [0.25, 0.3) is 0 Å². The first-order chi connectivity index (χ1) is 6.15. The lowest BCUT2D eigenvalue weighted by molar-refractivity contribution is 0.0760. The minimum atomic E-state index is -0.185. The summed E-state index contributed by atoms with van der Waals surface area (Å²) < 4.78 is 0. The molecular weight excluding hydrogens is 170 g/mol. The third kappa shape index (κ3) is 2.57. The lowest BCUT2D eigenvalue weighted by atomic mass is 10.1. The number of nitrogens with two attached hydrogens (primary N) is 1. The van der Waals surface area contributed by atoms with E-state index in [2.05, 4.69) is 10.1 Å². The van der Waals surface area contributed by atoms with Crippen molar-refractivity contribution in [3.63, 3.8) is 0 Å². The fourth-order valence-corrected chi connectivity index (χ4v) is 1.54. The standard InChI is InChI=1S/C8H17N3O2/c1-6(8(9)10-13)11-4-2-7(12)3-5-11/h6-7,12-13H,2-5H2,1H3,(H2,9,10). The van der Waals surface area contributed by atoms with Crippen LogP contribution in [0.1, 0.15) is 19.8 Å². The van der Waals surface area contributed by atoms with Crippen LogP contribution < -0.4 is 5.73 Å². The predicted molar refractivity (Wildman–Crippen MR) is 49.7 cm³/mol. The molecule has 0 saturated carbocycles. The summed E-state index contributed by atoms with van der Waals surface area (Å²) in [4.78, 5) is 2.10. The van der Waals surface area contributed by atoms with Crippen LogP contribution in [0.5, 0.6) is 0 Å². The molecule has 5 heteroatoms. The van der Waals surface area contributed by atoms with E-state index in [-0.39, 0.29) is 18.0 Å². The zero-order chi connectivity index (χ0) is 9.84. The number of aliphatic hydroxyl groups is 1. The van der Waals surface area contributed by atoms with E-state index < -0.39 is 0 Å². The lowest BCUT2D eigenvalue weighted by Crippen LogP contribution is -2.47. The zero-order valence-corrected chi connectivity index (χ0v) is 7.85. The van der Waals surface area contributed by atoms with Crippen molar-refractivity contribution in [1.82, 2.24) is 4.90 Å². The van der Waals surface area contributed by atoms with Gasteiger partial charge < -0.3 is 16.0 Å². The Hall–Kier alpha value is -0.810. The minimum Gasteiger partial charge on any atom is -0.409 e. The summed E-state index contributed by atoms with van der Waals surface area (Å²) in [7, 11) is 0. The molecular formula is C8H17N3O2. The van der Waals surface area contributed by atoms with Crippen LogP contribution >= 0.6 is 0 Å². The fraction of sp³-hybridized carbons (Fsp3) is 0.875. The first kappa shape index (κ1) is 10.3. The highest BCUT2D eigenvalue weighted by atomic mass is 16.4. The second-order valence-corrected chi connectivity index (χ2v) is 3.47. The van der Waals surface area contributed by atoms with E-state index >= 15 is 0 Å². The second kappa shape index (κ2) is 4.43. The molecule has 0 aromatic carbocycles. The smallest absolute Gasteiger partial charge is 0.156 e. The summed E-state index contributed by atoms with van der Waals surface area (Å²) in [5.41, 5.74) is 5.48. The number of hydrogen-bond acceptors (Lipinski definition) is 4. The van der Waals surface area contributed by atoms with E-state index in [1.54, 1.807) is 0 Å². The third-order valence-electron chi connectivity index (χ3n) is 2.59. The van der Waals surface area contributed by atoms with Crippen LogP contribution in [0.2, 0.25) is 0 Å². The first-order valence-electron chi connectivity index (χ1n) is 4.54. The molecule has 0 amide bonds. The van der Waals surface area contributed by atoms with Gasteiger partial charge in [-0.25, -0.2) is 0 Å². The van der Waals surface area contributed by atoms with Gasteiger partial charge in [0.05, 0.1) is 12.1 Å². The topological polar surface area (TPSA) is 82.1 Å². The average molecular weight is 187 g/mol. The van der Waals surface area contributed by atoms with Crippen LogP contribution in [0.15, 0.2) is 5.16 Å². The molecule has 0 aromatic rings. The van der Waals surface area contributed by atoms with Gasteiger partial charge in [-0.2, -0.15) is 0 Å². The van der Waals surface area contributed by atoms with Crippen molar-refractivity contribution in [2.24, 2.45) is 10.9 Å². The van der Waals surface area contributed by atoms with Crippen molar-refractivity contribution >= 4 is 5.84 Å². The number of rotatable bonds is 2. The molecule has 5 nitrogen and oxygen atoms in total. The van der Waals surface area contributed by atoms with E-state index in [0.717, 1.165) is 25.9 Å². The van der Waals surface area contributed by atoms with Crippen LogP contribution in [0.3, 0.4) is 0 Å². The van der Waals surface area contributed by atoms with Crippen LogP contribution in [-0.4, -0.2) is 46.3 Å². The number of amidine groups is 1. The van der Waals surface area contributed by atoms with E-state index in [1.807, 2.05) is 6.92 Å². The lowest BCUT2D eigenvalue weighted by Gasteiger charge is -2.33. The number of oxime groups is 1. The zero-order valence-electron chi connectivity index (χ0n) is 7.85. The summed E-state index contributed by atoms with van der Waals surface area (Å²) in [5, 5.41) is 20.7. The first-order valence-corrected chi connectivity index (χ1v) is 4.54. The quantitative estimate of drug-likeness (QED) is 0.237. The Morgan fingerprint density at radius 2 is 2.08 bits per heavy atom. The minimum absolute atomic E-state index is 0.0440. The maximum Gasteiger partial charge on any atom is 0.156 e. The number of piperidine rings is 1. The van der Waals surface area contributed by atoms with Crippen molar-refractivity contribution in [2.45, 2.75) is 31.9 Å². The molecule has 0 aliphatic carbocycles. The highest BCUT2D eigenvalue weighted by Crippen LogP contribution is 2.12. The molecule has 0 bridgehead atoms. The Bertz CT molecular complexity index is 188. The molecule has 76 valence electrons. The van der Waals surface area contributed by atoms with Gasteiger partial charge in [-0.1, -0.05) is 5.16 Å². The molecule has 1 heterocycles. The molecule has 1 unspecified atom stereocenters. The summed E-state index contributed by atoms with van der Waals surface area (Å²) >= 11 is 0. The Balaban J connectivity index is 2.44. The van der Waals surface area contributed by atoms with Gasteiger partial charge in [-0.15, -0.1) is 0 Å². The monoisotopic (exact) mass is 187 g/mol. The Morgan fingerprint density at radius 3 is 2.54 bits per heavy atom. The van der Waals surface area contributed by atoms with Crippen LogP contribution in [0.4, 0.5) is 0 Å². The van der Waals surface area contributed by atoms with Gasteiger partial charge >= 0.3 is 0 Å². The Kier molecular flexibility index (Phi) is 3.50. The highest BCUT2D eigenvalue weighted by Gasteiger charge is 2.23. The number of likely N-dealkylation sites (tertiary alicyclic amines) is 1. The summed E-state index contributed by atoms with van der Waals surface area (Å²) in [6.07, 6.45) is 1.35. The van der Waals surface area contributed by atoms with Gasteiger partial charge in [0.15, 0.2) is 5.84 Å². The van der Waals surface area contributed by atoms with Gasteiger partial charge in [-0.3, -0.25) is 4.90 Å². The fourth-order valence-electron chi connectivity index (χ4n) is 1.54.